The zero-order chi connectivity index (χ0) is 12.5. The van der Waals surface area contributed by atoms with E-state index in [1.165, 1.54) is 4.31 Å². The van der Waals surface area contributed by atoms with Crippen molar-refractivity contribution in [2.75, 3.05) is 13.1 Å². The fourth-order valence-electron chi connectivity index (χ4n) is 1.97. The molecule has 0 bridgehead atoms. The maximum absolute atomic E-state index is 12.3. The molecule has 2 N–H and O–H groups in total. The van der Waals surface area contributed by atoms with Crippen LogP contribution in [0.4, 0.5) is 0 Å². The summed E-state index contributed by atoms with van der Waals surface area (Å²) >= 11 is 3.28. The van der Waals surface area contributed by atoms with Crippen molar-refractivity contribution >= 4 is 26.0 Å². The Kier molecular flexibility index (Phi) is 3.87. The highest BCUT2D eigenvalue weighted by Crippen LogP contribution is 2.22. The summed E-state index contributed by atoms with van der Waals surface area (Å²) in [4.78, 5) is 0.320. The standard InChI is InChI=1S/C11H15BrN2O2S/c12-9-3-1-5-11(7-9)17(15,16)14-6-2-4-10(13)8-14/h1,3,5,7,10H,2,4,6,8,13H2/t10-/m0/s1. The number of hydrogen-bond acceptors (Lipinski definition) is 3. The third kappa shape index (κ3) is 2.88. The van der Waals surface area contributed by atoms with Gasteiger partial charge in [-0.2, -0.15) is 4.31 Å². The Morgan fingerprint density at radius 2 is 2.18 bits per heavy atom. The van der Waals surface area contributed by atoms with Gasteiger partial charge in [0.05, 0.1) is 4.90 Å². The molecule has 1 aromatic rings. The smallest absolute Gasteiger partial charge is 0.243 e. The zero-order valence-corrected chi connectivity index (χ0v) is 11.7. The van der Waals surface area contributed by atoms with Crippen molar-refractivity contribution < 1.29 is 8.42 Å². The van der Waals surface area contributed by atoms with Crippen LogP contribution in [0.2, 0.25) is 0 Å². The van der Waals surface area contributed by atoms with Gasteiger partial charge >= 0.3 is 0 Å². The minimum atomic E-state index is -3.39. The van der Waals surface area contributed by atoms with Gasteiger partial charge in [-0.05, 0) is 31.0 Å². The second-order valence-corrected chi connectivity index (χ2v) is 7.08. The summed E-state index contributed by atoms with van der Waals surface area (Å²) in [6.07, 6.45) is 1.72. The predicted molar refractivity (Wildman–Crippen MR) is 70.1 cm³/mol. The van der Waals surface area contributed by atoms with E-state index in [-0.39, 0.29) is 6.04 Å². The van der Waals surface area contributed by atoms with Crippen molar-refractivity contribution in [3.05, 3.63) is 28.7 Å². The van der Waals surface area contributed by atoms with Crippen molar-refractivity contribution in [2.24, 2.45) is 5.73 Å². The van der Waals surface area contributed by atoms with Gasteiger partial charge in [0.2, 0.25) is 10.0 Å². The minimum Gasteiger partial charge on any atom is -0.327 e. The highest BCUT2D eigenvalue weighted by Gasteiger charge is 2.28. The molecule has 1 saturated heterocycles. The van der Waals surface area contributed by atoms with Crippen LogP contribution in [-0.4, -0.2) is 31.9 Å². The predicted octanol–water partition coefficient (Wildman–Crippen LogP) is 1.56. The number of nitrogens with zero attached hydrogens (tertiary/aromatic N) is 1. The van der Waals surface area contributed by atoms with E-state index < -0.39 is 10.0 Å². The summed E-state index contributed by atoms with van der Waals surface area (Å²) < 4.78 is 26.9. The summed E-state index contributed by atoms with van der Waals surface area (Å²) in [5.74, 6) is 0. The van der Waals surface area contributed by atoms with Gasteiger partial charge in [0.1, 0.15) is 0 Å². The van der Waals surface area contributed by atoms with Gasteiger partial charge in [-0.1, -0.05) is 22.0 Å². The number of hydrogen-bond donors (Lipinski definition) is 1. The van der Waals surface area contributed by atoms with E-state index in [0.29, 0.717) is 18.0 Å². The molecule has 1 aromatic carbocycles. The van der Waals surface area contributed by atoms with Crippen molar-refractivity contribution in [3.8, 4) is 0 Å². The Balaban J connectivity index is 2.29. The number of benzene rings is 1. The highest BCUT2D eigenvalue weighted by atomic mass is 79.9. The second kappa shape index (κ2) is 5.06. The molecule has 0 aromatic heterocycles. The van der Waals surface area contributed by atoms with Crippen molar-refractivity contribution in [1.82, 2.24) is 4.31 Å². The molecule has 2 rings (SSSR count). The monoisotopic (exact) mass is 318 g/mol. The zero-order valence-electron chi connectivity index (χ0n) is 9.34. The average Bonchev–Trinajstić information content (AvgIpc) is 2.29. The Labute approximate surface area is 110 Å². The van der Waals surface area contributed by atoms with Crippen LogP contribution in [0.3, 0.4) is 0 Å². The molecule has 1 atom stereocenters. The molecule has 0 aliphatic carbocycles. The lowest BCUT2D eigenvalue weighted by Crippen LogP contribution is -2.45. The van der Waals surface area contributed by atoms with E-state index in [1.54, 1.807) is 24.3 Å². The van der Waals surface area contributed by atoms with Crippen molar-refractivity contribution in [1.29, 1.82) is 0 Å². The number of halogens is 1. The van der Waals surface area contributed by atoms with E-state index in [4.69, 9.17) is 5.73 Å². The summed E-state index contributed by atoms with van der Waals surface area (Å²) in [6, 6.07) is 6.71. The van der Waals surface area contributed by atoms with Crippen LogP contribution < -0.4 is 5.73 Å². The topological polar surface area (TPSA) is 63.4 Å². The van der Waals surface area contributed by atoms with Crippen LogP contribution in [0.25, 0.3) is 0 Å². The first-order valence-corrected chi connectivity index (χ1v) is 7.75. The molecule has 1 aliphatic heterocycles. The number of rotatable bonds is 2. The van der Waals surface area contributed by atoms with Gasteiger partial charge < -0.3 is 5.73 Å². The molecular formula is C11H15BrN2O2S. The molecule has 4 nitrogen and oxygen atoms in total. The molecule has 1 fully saturated rings. The molecule has 0 spiro atoms. The summed E-state index contributed by atoms with van der Waals surface area (Å²) in [7, 11) is -3.39. The van der Waals surface area contributed by atoms with E-state index in [9.17, 15) is 8.42 Å². The maximum atomic E-state index is 12.3. The Morgan fingerprint density at radius 3 is 2.82 bits per heavy atom. The van der Waals surface area contributed by atoms with Gasteiger partial charge in [-0.15, -0.1) is 0 Å². The van der Waals surface area contributed by atoms with Gasteiger partial charge in [0, 0.05) is 23.6 Å². The lowest BCUT2D eigenvalue weighted by atomic mass is 10.1. The van der Waals surface area contributed by atoms with Crippen LogP contribution in [0, 0.1) is 0 Å². The summed E-state index contributed by atoms with van der Waals surface area (Å²) in [5, 5.41) is 0. The molecule has 0 radical (unpaired) electrons. The summed E-state index contributed by atoms with van der Waals surface area (Å²) in [5.41, 5.74) is 5.81. The fraction of sp³-hybridized carbons (Fsp3) is 0.455. The Hall–Kier alpha value is -0.430. The Morgan fingerprint density at radius 1 is 1.41 bits per heavy atom. The number of nitrogens with two attached hydrogens (primary N) is 1. The quantitative estimate of drug-likeness (QED) is 0.900. The normalized spacial score (nSPS) is 22.6. The first-order valence-electron chi connectivity index (χ1n) is 5.51. The van der Waals surface area contributed by atoms with Crippen LogP contribution in [0.15, 0.2) is 33.6 Å². The molecule has 1 heterocycles. The molecule has 0 saturated carbocycles. The number of sulfonamides is 1. The lowest BCUT2D eigenvalue weighted by Gasteiger charge is -2.29. The van der Waals surface area contributed by atoms with Gasteiger partial charge in [-0.25, -0.2) is 8.42 Å². The lowest BCUT2D eigenvalue weighted by molar-refractivity contribution is 0.316. The molecule has 1 aliphatic rings. The van der Waals surface area contributed by atoms with E-state index >= 15 is 0 Å². The molecule has 0 amide bonds. The fourth-order valence-corrected chi connectivity index (χ4v) is 4.10. The van der Waals surface area contributed by atoms with Gasteiger partial charge in [0.25, 0.3) is 0 Å². The average molecular weight is 319 g/mol. The second-order valence-electron chi connectivity index (χ2n) is 4.22. The minimum absolute atomic E-state index is 0.0503. The van der Waals surface area contributed by atoms with Gasteiger partial charge in [-0.3, -0.25) is 0 Å². The van der Waals surface area contributed by atoms with Crippen LogP contribution in [-0.2, 0) is 10.0 Å². The largest absolute Gasteiger partial charge is 0.327 e. The van der Waals surface area contributed by atoms with E-state index in [1.807, 2.05) is 0 Å². The van der Waals surface area contributed by atoms with Crippen LogP contribution >= 0.6 is 15.9 Å². The Bertz CT molecular complexity index is 504. The molecule has 94 valence electrons. The SMILES string of the molecule is N[C@H]1CCCN(S(=O)(=O)c2cccc(Br)c2)C1. The number of piperidine rings is 1. The summed E-state index contributed by atoms with van der Waals surface area (Å²) in [6.45, 7) is 0.970. The first-order chi connectivity index (χ1) is 8.00. The van der Waals surface area contributed by atoms with Crippen molar-refractivity contribution in [2.45, 2.75) is 23.8 Å². The molecule has 6 heteroatoms. The van der Waals surface area contributed by atoms with E-state index in [0.717, 1.165) is 17.3 Å². The first kappa shape index (κ1) is 13.0. The molecular weight excluding hydrogens is 304 g/mol. The van der Waals surface area contributed by atoms with Crippen LogP contribution in [0.5, 0.6) is 0 Å². The highest BCUT2D eigenvalue weighted by molar-refractivity contribution is 9.10. The third-order valence-corrected chi connectivity index (χ3v) is 5.21. The maximum Gasteiger partial charge on any atom is 0.243 e. The molecule has 17 heavy (non-hydrogen) atoms. The van der Waals surface area contributed by atoms with E-state index in [2.05, 4.69) is 15.9 Å². The molecule has 0 unspecified atom stereocenters. The van der Waals surface area contributed by atoms with Crippen molar-refractivity contribution in [3.63, 3.8) is 0 Å². The third-order valence-electron chi connectivity index (χ3n) is 2.85. The van der Waals surface area contributed by atoms with Crippen LogP contribution in [0.1, 0.15) is 12.8 Å². The van der Waals surface area contributed by atoms with Gasteiger partial charge in [0.15, 0.2) is 0 Å².